The van der Waals surface area contributed by atoms with E-state index in [9.17, 15) is 0 Å². The highest BCUT2D eigenvalue weighted by Crippen LogP contribution is 2.25. The molecule has 1 saturated heterocycles. The Morgan fingerprint density at radius 1 is 1.50 bits per heavy atom. The first-order valence-corrected chi connectivity index (χ1v) is 6.47. The standard InChI is InChI=1S/C12H18ClN3/c1-10-14-8-6-12(15-10)16-9-3-2-4-11(16)5-7-13/h6,8,11H,2-5,7,9H2,1H3. The van der Waals surface area contributed by atoms with E-state index in [1.807, 2.05) is 19.2 Å². The zero-order valence-electron chi connectivity index (χ0n) is 9.69. The molecule has 1 aliphatic heterocycles. The Hall–Kier alpha value is -0.830. The Labute approximate surface area is 102 Å². The number of alkyl halides is 1. The molecule has 0 radical (unpaired) electrons. The summed E-state index contributed by atoms with van der Waals surface area (Å²) in [5, 5.41) is 0. The normalized spacial score (nSPS) is 21.1. The maximum Gasteiger partial charge on any atom is 0.132 e. The first kappa shape index (κ1) is 11.6. The number of aromatic nitrogens is 2. The van der Waals surface area contributed by atoms with Crippen LogP contribution in [0.5, 0.6) is 0 Å². The van der Waals surface area contributed by atoms with Gasteiger partial charge in [0.15, 0.2) is 0 Å². The van der Waals surface area contributed by atoms with Crippen molar-refractivity contribution in [3.63, 3.8) is 0 Å². The molecule has 0 spiro atoms. The van der Waals surface area contributed by atoms with Crippen LogP contribution < -0.4 is 4.90 Å². The van der Waals surface area contributed by atoms with Crippen molar-refractivity contribution in [3.8, 4) is 0 Å². The summed E-state index contributed by atoms with van der Waals surface area (Å²) in [5.41, 5.74) is 0. The second-order valence-corrected chi connectivity index (χ2v) is 4.66. The third-order valence-electron chi connectivity index (χ3n) is 3.13. The Bertz CT molecular complexity index is 341. The molecule has 0 N–H and O–H groups in total. The highest BCUT2D eigenvalue weighted by molar-refractivity contribution is 6.17. The number of nitrogens with zero attached hydrogens (tertiary/aromatic N) is 3. The predicted octanol–water partition coefficient (Wildman–Crippen LogP) is 2.77. The van der Waals surface area contributed by atoms with Crippen molar-refractivity contribution in [2.45, 2.75) is 38.6 Å². The van der Waals surface area contributed by atoms with Gasteiger partial charge in [0, 0.05) is 24.7 Å². The molecule has 16 heavy (non-hydrogen) atoms. The van der Waals surface area contributed by atoms with Gasteiger partial charge in [0.1, 0.15) is 11.6 Å². The minimum atomic E-state index is 0.556. The van der Waals surface area contributed by atoms with Gasteiger partial charge in [-0.05, 0) is 38.7 Å². The summed E-state index contributed by atoms with van der Waals surface area (Å²) >= 11 is 5.86. The Balaban J connectivity index is 2.16. The van der Waals surface area contributed by atoms with Crippen molar-refractivity contribution in [2.24, 2.45) is 0 Å². The topological polar surface area (TPSA) is 29.0 Å². The van der Waals surface area contributed by atoms with E-state index in [4.69, 9.17) is 11.6 Å². The van der Waals surface area contributed by atoms with E-state index in [0.29, 0.717) is 6.04 Å². The fourth-order valence-electron chi connectivity index (χ4n) is 2.33. The third-order valence-corrected chi connectivity index (χ3v) is 3.34. The molecule has 0 bridgehead atoms. The van der Waals surface area contributed by atoms with Crippen LogP contribution in [0.3, 0.4) is 0 Å². The summed E-state index contributed by atoms with van der Waals surface area (Å²) < 4.78 is 0. The van der Waals surface area contributed by atoms with Crippen LogP contribution in [-0.2, 0) is 0 Å². The number of halogens is 1. The minimum Gasteiger partial charge on any atom is -0.353 e. The summed E-state index contributed by atoms with van der Waals surface area (Å²) in [6.45, 7) is 3.03. The van der Waals surface area contributed by atoms with Gasteiger partial charge in [-0.2, -0.15) is 0 Å². The summed E-state index contributed by atoms with van der Waals surface area (Å²) in [6, 6.07) is 2.56. The SMILES string of the molecule is Cc1nccc(N2CCCCC2CCCl)n1. The number of aryl methyl sites for hydroxylation is 1. The van der Waals surface area contributed by atoms with Gasteiger partial charge in [-0.1, -0.05) is 0 Å². The number of anilines is 1. The van der Waals surface area contributed by atoms with Crippen LogP contribution in [0, 0.1) is 6.92 Å². The molecule has 4 heteroatoms. The van der Waals surface area contributed by atoms with Gasteiger partial charge in [-0.15, -0.1) is 11.6 Å². The molecule has 1 aromatic rings. The molecular formula is C12H18ClN3. The van der Waals surface area contributed by atoms with Gasteiger partial charge in [0.25, 0.3) is 0 Å². The van der Waals surface area contributed by atoms with Crippen LogP contribution in [-0.4, -0.2) is 28.4 Å². The molecule has 88 valence electrons. The van der Waals surface area contributed by atoms with E-state index < -0.39 is 0 Å². The van der Waals surface area contributed by atoms with E-state index >= 15 is 0 Å². The number of hydrogen-bond acceptors (Lipinski definition) is 3. The quantitative estimate of drug-likeness (QED) is 0.760. The molecule has 3 nitrogen and oxygen atoms in total. The summed E-state index contributed by atoms with van der Waals surface area (Å²) in [5.74, 6) is 2.63. The average Bonchev–Trinajstić information content (AvgIpc) is 2.30. The molecular weight excluding hydrogens is 222 g/mol. The van der Waals surface area contributed by atoms with Crippen molar-refractivity contribution in [3.05, 3.63) is 18.1 Å². The highest BCUT2D eigenvalue weighted by Gasteiger charge is 2.22. The smallest absolute Gasteiger partial charge is 0.132 e. The molecule has 0 amide bonds. The van der Waals surface area contributed by atoms with E-state index in [-0.39, 0.29) is 0 Å². The molecule has 0 saturated carbocycles. The largest absolute Gasteiger partial charge is 0.353 e. The number of piperidine rings is 1. The van der Waals surface area contributed by atoms with E-state index in [0.717, 1.165) is 30.5 Å². The monoisotopic (exact) mass is 239 g/mol. The summed E-state index contributed by atoms with van der Waals surface area (Å²) in [6.07, 6.45) is 6.67. The maximum absolute atomic E-state index is 5.86. The van der Waals surface area contributed by atoms with Gasteiger partial charge in [0.05, 0.1) is 0 Å². The second kappa shape index (κ2) is 5.48. The lowest BCUT2D eigenvalue weighted by Crippen LogP contribution is -2.40. The Kier molecular flexibility index (Phi) is 3.99. The Morgan fingerprint density at radius 3 is 3.12 bits per heavy atom. The molecule has 0 aromatic carbocycles. The molecule has 1 aromatic heterocycles. The van der Waals surface area contributed by atoms with Crippen LogP contribution in [0.1, 0.15) is 31.5 Å². The van der Waals surface area contributed by atoms with Gasteiger partial charge in [-0.25, -0.2) is 9.97 Å². The first-order valence-electron chi connectivity index (χ1n) is 5.93. The van der Waals surface area contributed by atoms with Crippen LogP contribution in [0.15, 0.2) is 12.3 Å². The lowest BCUT2D eigenvalue weighted by atomic mass is 10.00. The molecule has 2 heterocycles. The van der Waals surface area contributed by atoms with Crippen molar-refractivity contribution >= 4 is 17.4 Å². The van der Waals surface area contributed by atoms with Crippen LogP contribution in [0.4, 0.5) is 5.82 Å². The van der Waals surface area contributed by atoms with Crippen molar-refractivity contribution in [2.75, 3.05) is 17.3 Å². The van der Waals surface area contributed by atoms with Crippen molar-refractivity contribution < 1.29 is 0 Å². The predicted molar refractivity (Wildman–Crippen MR) is 67.1 cm³/mol. The second-order valence-electron chi connectivity index (χ2n) is 4.28. The van der Waals surface area contributed by atoms with E-state index in [1.54, 1.807) is 0 Å². The summed E-state index contributed by atoms with van der Waals surface area (Å²) in [7, 11) is 0. The molecule has 1 atom stereocenters. The van der Waals surface area contributed by atoms with Crippen LogP contribution >= 0.6 is 11.6 Å². The van der Waals surface area contributed by atoms with Gasteiger partial charge >= 0.3 is 0 Å². The molecule has 1 aliphatic rings. The molecule has 2 rings (SSSR count). The van der Waals surface area contributed by atoms with Crippen molar-refractivity contribution in [1.82, 2.24) is 9.97 Å². The van der Waals surface area contributed by atoms with E-state index in [2.05, 4.69) is 14.9 Å². The zero-order chi connectivity index (χ0) is 11.4. The van der Waals surface area contributed by atoms with Crippen molar-refractivity contribution in [1.29, 1.82) is 0 Å². The molecule has 1 fully saturated rings. The van der Waals surface area contributed by atoms with Crippen LogP contribution in [0.25, 0.3) is 0 Å². The number of hydrogen-bond donors (Lipinski definition) is 0. The number of rotatable bonds is 3. The molecule has 0 aliphatic carbocycles. The zero-order valence-corrected chi connectivity index (χ0v) is 10.5. The fourth-order valence-corrected chi connectivity index (χ4v) is 2.58. The van der Waals surface area contributed by atoms with Crippen LogP contribution in [0.2, 0.25) is 0 Å². The minimum absolute atomic E-state index is 0.556. The lowest BCUT2D eigenvalue weighted by Gasteiger charge is -2.36. The lowest BCUT2D eigenvalue weighted by molar-refractivity contribution is 0.447. The maximum atomic E-state index is 5.86. The van der Waals surface area contributed by atoms with Gasteiger partial charge in [0.2, 0.25) is 0 Å². The van der Waals surface area contributed by atoms with Gasteiger partial charge < -0.3 is 4.90 Å². The van der Waals surface area contributed by atoms with E-state index in [1.165, 1.54) is 19.3 Å². The molecule has 1 unspecified atom stereocenters. The average molecular weight is 240 g/mol. The van der Waals surface area contributed by atoms with Gasteiger partial charge in [-0.3, -0.25) is 0 Å². The summed E-state index contributed by atoms with van der Waals surface area (Å²) in [4.78, 5) is 11.0. The highest BCUT2D eigenvalue weighted by atomic mass is 35.5. The first-order chi connectivity index (χ1) is 7.81. The third kappa shape index (κ3) is 2.64. The fraction of sp³-hybridized carbons (Fsp3) is 0.667. The Morgan fingerprint density at radius 2 is 2.38 bits per heavy atom.